The molecule has 0 aliphatic heterocycles. The molecule has 0 unspecified atom stereocenters. The molecule has 1 amide bonds. The van der Waals surface area contributed by atoms with E-state index in [-0.39, 0.29) is 11.9 Å². The Labute approximate surface area is 142 Å². The van der Waals surface area contributed by atoms with Crippen LogP contribution in [0.15, 0.2) is 29.3 Å². The van der Waals surface area contributed by atoms with E-state index in [1.807, 2.05) is 0 Å². The molecular weight excluding hydrogens is 329 g/mol. The van der Waals surface area contributed by atoms with Gasteiger partial charge in [-0.3, -0.25) is 14.2 Å². The molecule has 0 radical (unpaired) electrons. The van der Waals surface area contributed by atoms with Gasteiger partial charge in [0, 0.05) is 0 Å². The number of carbonyl (C=O) groups is 2. The van der Waals surface area contributed by atoms with Crippen molar-refractivity contribution in [1.82, 2.24) is 14.9 Å². The minimum absolute atomic E-state index is 0.0703. The zero-order valence-electron chi connectivity index (χ0n) is 13.5. The van der Waals surface area contributed by atoms with Gasteiger partial charge in [0.05, 0.1) is 17.2 Å². The Morgan fingerprint density at radius 2 is 2.00 bits per heavy atom. The minimum atomic E-state index is -1.28. The van der Waals surface area contributed by atoms with E-state index in [0.29, 0.717) is 18.4 Å². The summed E-state index contributed by atoms with van der Waals surface area (Å²) in [7, 11) is 0. The van der Waals surface area contributed by atoms with E-state index < -0.39 is 28.8 Å². The third-order valence-corrected chi connectivity index (χ3v) is 4.60. The van der Waals surface area contributed by atoms with E-state index in [4.69, 9.17) is 0 Å². The number of hydrogen-bond donors (Lipinski definition) is 2. The highest BCUT2D eigenvalue weighted by atomic mass is 19.1. The number of benzene rings is 1. The summed E-state index contributed by atoms with van der Waals surface area (Å²) < 4.78 is 14.4. The van der Waals surface area contributed by atoms with Crippen LogP contribution in [-0.4, -0.2) is 32.1 Å². The highest BCUT2D eigenvalue weighted by Gasteiger charge is 2.40. The Morgan fingerprint density at radius 1 is 1.28 bits per heavy atom. The van der Waals surface area contributed by atoms with Crippen molar-refractivity contribution in [2.24, 2.45) is 0 Å². The van der Waals surface area contributed by atoms with Crippen molar-refractivity contribution < 1.29 is 19.1 Å². The molecule has 0 bridgehead atoms. The number of hydrogen-bond acceptors (Lipinski definition) is 4. The monoisotopic (exact) mass is 347 g/mol. The zero-order valence-corrected chi connectivity index (χ0v) is 13.5. The summed E-state index contributed by atoms with van der Waals surface area (Å²) in [5.41, 5.74) is -1.50. The topological polar surface area (TPSA) is 101 Å². The van der Waals surface area contributed by atoms with Gasteiger partial charge in [-0.2, -0.15) is 0 Å². The van der Waals surface area contributed by atoms with Crippen LogP contribution >= 0.6 is 0 Å². The van der Waals surface area contributed by atoms with Gasteiger partial charge in [-0.25, -0.2) is 14.2 Å². The summed E-state index contributed by atoms with van der Waals surface area (Å²) in [6.45, 7) is -0.368. The van der Waals surface area contributed by atoms with Gasteiger partial charge in [-0.15, -0.1) is 0 Å². The molecule has 2 N–H and O–H groups in total. The fourth-order valence-corrected chi connectivity index (χ4v) is 3.25. The lowest BCUT2D eigenvalue weighted by molar-refractivity contribution is -0.149. The molecule has 1 saturated carbocycles. The average Bonchev–Trinajstić information content (AvgIpc) is 2.58. The van der Waals surface area contributed by atoms with Crippen LogP contribution in [0.3, 0.4) is 0 Å². The van der Waals surface area contributed by atoms with Crippen LogP contribution in [0, 0.1) is 5.82 Å². The molecule has 1 aliphatic rings. The van der Waals surface area contributed by atoms with Gasteiger partial charge in [0.15, 0.2) is 0 Å². The number of nitrogens with zero attached hydrogens (tertiary/aromatic N) is 2. The number of rotatable bonds is 4. The quantitative estimate of drug-likeness (QED) is 0.871. The second-order valence-electron chi connectivity index (χ2n) is 6.34. The van der Waals surface area contributed by atoms with Gasteiger partial charge in [0.2, 0.25) is 5.91 Å². The van der Waals surface area contributed by atoms with Crippen LogP contribution in [0.25, 0.3) is 10.9 Å². The molecule has 1 aromatic carbocycles. The van der Waals surface area contributed by atoms with E-state index in [2.05, 4.69) is 10.3 Å². The summed E-state index contributed by atoms with van der Waals surface area (Å²) in [4.78, 5) is 40.3. The number of aliphatic carboxylic acids is 1. The number of amides is 1. The van der Waals surface area contributed by atoms with Gasteiger partial charge in [-0.1, -0.05) is 19.3 Å². The van der Waals surface area contributed by atoms with Crippen LogP contribution in [0.5, 0.6) is 0 Å². The Morgan fingerprint density at radius 3 is 2.68 bits per heavy atom. The summed E-state index contributed by atoms with van der Waals surface area (Å²) in [6, 6.07) is 3.66. The van der Waals surface area contributed by atoms with Gasteiger partial charge in [-0.05, 0) is 31.0 Å². The third-order valence-electron chi connectivity index (χ3n) is 4.60. The smallest absolute Gasteiger partial charge is 0.329 e. The molecule has 7 nitrogen and oxygen atoms in total. The fraction of sp³-hybridized carbons (Fsp3) is 0.412. The molecule has 1 aromatic heterocycles. The number of carbonyl (C=O) groups excluding carboxylic acids is 1. The summed E-state index contributed by atoms with van der Waals surface area (Å²) in [5, 5.41) is 12.1. The Bertz CT molecular complexity index is 887. The first-order valence-electron chi connectivity index (χ1n) is 8.10. The predicted molar refractivity (Wildman–Crippen MR) is 87.6 cm³/mol. The first-order valence-corrected chi connectivity index (χ1v) is 8.10. The lowest BCUT2D eigenvalue weighted by Gasteiger charge is -2.34. The fourth-order valence-electron chi connectivity index (χ4n) is 3.25. The standard InChI is InChI=1S/C17H18FN3O4/c18-11-4-5-13-12(8-11)15(23)21(10-19-13)9-14(22)20-17(16(24)25)6-2-1-3-7-17/h4-5,8,10H,1-3,6-7,9H2,(H,20,22)(H,24,25). The summed E-state index contributed by atoms with van der Waals surface area (Å²) in [6.07, 6.45) is 4.32. The van der Waals surface area contributed by atoms with Crippen molar-refractivity contribution in [2.75, 3.05) is 0 Å². The SMILES string of the molecule is O=C(Cn1cnc2ccc(F)cc2c1=O)NC1(C(=O)O)CCCCC1. The van der Waals surface area contributed by atoms with Crippen LogP contribution in [0.4, 0.5) is 4.39 Å². The molecule has 1 aliphatic carbocycles. The Hall–Kier alpha value is -2.77. The molecule has 0 atom stereocenters. The number of aromatic nitrogens is 2. The maximum absolute atomic E-state index is 13.3. The highest BCUT2D eigenvalue weighted by Crippen LogP contribution is 2.28. The second kappa shape index (κ2) is 6.62. The van der Waals surface area contributed by atoms with Crippen molar-refractivity contribution in [1.29, 1.82) is 0 Å². The Kier molecular flexibility index (Phi) is 4.52. The summed E-state index contributed by atoms with van der Waals surface area (Å²) >= 11 is 0. The lowest BCUT2D eigenvalue weighted by atomic mass is 9.81. The average molecular weight is 347 g/mol. The van der Waals surface area contributed by atoms with Crippen molar-refractivity contribution in [3.8, 4) is 0 Å². The second-order valence-corrected chi connectivity index (χ2v) is 6.34. The molecular formula is C17H18FN3O4. The molecule has 25 heavy (non-hydrogen) atoms. The molecule has 0 saturated heterocycles. The maximum atomic E-state index is 13.3. The van der Waals surface area contributed by atoms with Crippen molar-refractivity contribution in [3.63, 3.8) is 0 Å². The number of halogens is 1. The summed E-state index contributed by atoms with van der Waals surface area (Å²) in [5.74, 6) is -2.21. The van der Waals surface area contributed by atoms with Gasteiger partial charge in [0.1, 0.15) is 17.9 Å². The van der Waals surface area contributed by atoms with Crippen LogP contribution in [0.1, 0.15) is 32.1 Å². The first-order chi connectivity index (χ1) is 11.9. The van der Waals surface area contributed by atoms with Crippen LogP contribution in [0.2, 0.25) is 0 Å². The largest absolute Gasteiger partial charge is 0.480 e. The zero-order chi connectivity index (χ0) is 18.0. The van der Waals surface area contributed by atoms with E-state index in [1.165, 1.54) is 18.5 Å². The molecule has 1 heterocycles. The number of nitrogens with one attached hydrogen (secondary N) is 1. The first kappa shape index (κ1) is 17.1. The lowest BCUT2D eigenvalue weighted by Crippen LogP contribution is -2.56. The molecule has 2 aromatic rings. The molecule has 3 rings (SSSR count). The molecule has 132 valence electrons. The van der Waals surface area contributed by atoms with Gasteiger partial charge >= 0.3 is 5.97 Å². The van der Waals surface area contributed by atoms with Crippen molar-refractivity contribution in [2.45, 2.75) is 44.2 Å². The van der Waals surface area contributed by atoms with Gasteiger partial charge in [0.25, 0.3) is 5.56 Å². The molecule has 0 spiro atoms. The normalized spacial score (nSPS) is 16.5. The highest BCUT2D eigenvalue weighted by molar-refractivity contribution is 5.87. The Balaban J connectivity index is 1.83. The van der Waals surface area contributed by atoms with E-state index in [0.717, 1.165) is 29.9 Å². The number of fused-ring (bicyclic) bond motifs is 1. The van der Waals surface area contributed by atoms with Crippen LogP contribution in [-0.2, 0) is 16.1 Å². The van der Waals surface area contributed by atoms with Crippen molar-refractivity contribution in [3.05, 3.63) is 40.7 Å². The maximum Gasteiger partial charge on any atom is 0.329 e. The minimum Gasteiger partial charge on any atom is -0.480 e. The van der Waals surface area contributed by atoms with Crippen LogP contribution < -0.4 is 10.9 Å². The third kappa shape index (κ3) is 3.38. The van der Waals surface area contributed by atoms with Gasteiger partial charge < -0.3 is 10.4 Å². The van der Waals surface area contributed by atoms with E-state index in [9.17, 15) is 23.9 Å². The molecule has 8 heteroatoms. The predicted octanol–water partition coefficient (Wildman–Crippen LogP) is 1.44. The number of carboxylic acids is 1. The van der Waals surface area contributed by atoms with E-state index in [1.54, 1.807) is 0 Å². The number of carboxylic acid groups (broad SMARTS) is 1. The molecule has 1 fully saturated rings. The van der Waals surface area contributed by atoms with Crippen molar-refractivity contribution >= 4 is 22.8 Å². The van der Waals surface area contributed by atoms with E-state index >= 15 is 0 Å².